The standard InChI is InChI=1S/C10H15Cl2NSi/c1-14(2)10(13)6-7-3-4-8(11)9(12)5-7/h3-5,10,14H,6,13H2,1-2H3. The van der Waals surface area contributed by atoms with Crippen molar-refractivity contribution in [1.82, 2.24) is 0 Å². The number of hydrogen-bond donors (Lipinski definition) is 1. The minimum atomic E-state index is -0.761. The molecule has 0 aliphatic carbocycles. The van der Waals surface area contributed by atoms with Crippen molar-refractivity contribution in [2.45, 2.75) is 25.2 Å². The summed E-state index contributed by atoms with van der Waals surface area (Å²) < 4.78 is 0. The molecule has 0 saturated carbocycles. The van der Waals surface area contributed by atoms with Crippen LogP contribution in [0.5, 0.6) is 0 Å². The van der Waals surface area contributed by atoms with E-state index in [1.807, 2.05) is 18.2 Å². The summed E-state index contributed by atoms with van der Waals surface area (Å²) in [7, 11) is -0.761. The Morgan fingerprint density at radius 3 is 2.43 bits per heavy atom. The fourth-order valence-corrected chi connectivity index (χ4v) is 2.24. The van der Waals surface area contributed by atoms with E-state index in [4.69, 9.17) is 28.9 Å². The third kappa shape index (κ3) is 3.28. The van der Waals surface area contributed by atoms with Gasteiger partial charge in [-0.1, -0.05) is 42.4 Å². The Morgan fingerprint density at radius 2 is 1.93 bits per heavy atom. The van der Waals surface area contributed by atoms with Gasteiger partial charge in [-0.3, -0.25) is 0 Å². The SMILES string of the molecule is C[SiH](C)C(N)Cc1ccc(Cl)c(Cl)c1. The van der Waals surface area contributed by atoms with E-state index >= 15 is 0 Å². The molecule has 1 rings (SSSR count). The van der Waals surface area contributed by atoms with E-state index in [9.17, 15) is 0 Å². The van der Waals surface area contributed by atoms with Gasteiger partial charge in [0.2, 0.25) is 0 Å². The molecule has 1 aromatic carbocycles. The van der Waals surface area contributed by atoms with Gasteiger partial charge in [-0.15, -0.1) is 0 Å². The summed E-state index contributed by atoms with van der Waals surface area (Å²) in [5, 5.41) is 1.22. The molecule has 0 radical (unpaired) electrons. The lowest BCUT2D eigenvalue weighted by atomic mass is 10.1. The van der Waals surface area contributed by atoms with Gasteiger partial charge in [0.15, 0.2) is 0 Å². The first-order valence-corrected chi connectivity index (χ1v) is 8.43. The van der Waals surface area contributed by atoms with Gasteiger partial charge in [-0.05, 0) is 29.8 Å². The maximum Gasteiger partial charge on any atom is 0.0595 e. The predicted octanol–water partition coefficient (Wildman–Crippen LogP) is 2.89. The van der Waals surface area contributed by atoms with Crippen molar-refractivity contribution in [2.24, 2.45) is 5.73 Å². The first-order chi connectivity index (χ1) is 6.50. The van der Waals surface area contributed by atoms with E-state index in [1.165, 1.54) is 5.56 Å². The largest absolute Gasteiger partial charge is 0.330 e. The van der Waals surface area contributed by atoms with E-state index in [1.54, 1.807) is 0 Å². The van der Waals surface area contributed by atoms with Crippen LogP contribution in [0.1, 0.15) is 5.56 Å². The monoisotopic (exact) mass is 247 g/mol. The molecule has 78 valence electrons. The lowest BCUT2D eigenvalue weighted by Gasteiger charge is -2.14. The quantitative estimate of drug-likeness (QED) is 0.818. The van der Waals surface area contributed by atoms with Crippen molar-refractivity contribution in [2.75, 3.05) is 0 Å². The van der Waals surface area contributed by atoms with Gasteiger partial charge in [-0.25, -0.2) is 0 Å². The number of rotatable bonds is 3. The van der Waals surface area contributed by atoms with Crippen LogP contribution in [0, 0.1) is 0 Å². The number of hydrogen-bond acceptors (Lipinski definition) is 1. The molecule has 14 heavy (non-hydrogen) atoms. The highest BCUT2D eigenvalue weighted by atomic mass is 35.5. The van der Waals surface area contributed by atoms with Crippen LogP contribution in [0.2, 0.25) is 23.1 Å². The molecule has 0 saturated heterocycles. The lowest BCUT2D eigenvalue weighted by Crippen LogP contribution is -2.35. The third-order valence-electron chi connectivity index (χ3n) is 2.31. The van der Waals surface area contributed by atoms with E-state index in [2.05, 4.69) is 13.1 Å². The average molecular weight is 248 g/mol. The van der Waals surface area contributed by atoms with Gasteiger partial charge >= 0.3 is 0 Å². The van der Waals surface area contributed by atoms with E-state index in [-0.39, 0.29) is 0 Å². The van der Waals surface area contributed by atoms with Gasteiger partial charge in [0.1, 0.15) is 0 Å². The topological polar surface area (TPSA) is 26.0 Å². The molecule has 1 atom stereocenters. The zero-order valence-electron chi connectivity index (χ0n) is 8.43. The molecule has 0 fully saturated rings. The highest BCUT2D eigenvalue weighted by Crippen LogP contribution is 2.23. The van der Waals surface area contributed by atoms with Gasteiger partial charge in [0.05, 0.1) is 18.8 Å². The third-order valence-corrected chi connectivity index (χ3v) is 5.00. The van der Waals surface area contributed by atoms with Crippen molar-refractivity contribution >= 4 is 32.0 Å². The second kappa shape index (κ2) is 5.17. The summed E-state index contributed by atoms with van der Waals surface area (Å²) in [5.41, 5.74) is 7.51. The second-order valence-electron chi connectivity index (χ2n) is 3.86. The molecule has 0 heterocycles. The minimum absolute atomic E-state index is 0.312. The number of nitrogens with two attached hydrogens (primary N) is 1. The average Bonchev–Trinajstić information content (AvgIpc) is 2.11. The molecular formula is C10H15Cl2NSi. The van der Waals surface area contributed by atoms with Gasteiger partial charge in [0.25, 0.3) is 0 Å². The maximum absolute atomic E-state index is 6.02. The van der Waals surface area contributed by atoms with Gasteiger partial charge in [0, 0.05) is 0 Å². The van der Waals surface area contributed by atoms with Gasteiger partial charge in [-0.2, -0.15) is 0 Å². The summed E-state index contributed by atoms with van der Waals surface area (Å²) in [6, 6.07) is 5.72. The van der Waals surface area contributed by atoms with E-state index in [0.717, 1.165) is 6.42 Å². The smallest absolute Gasteiger partial charge is 0.0595 e. The van der Waals surface area contributed by atoms with Crippen LogP contribution in [-0.2, 0) is 6.42 Å². The molecule has 2 N–H and O–H groups in total. The van der Waals surface area contributed by atoms with E-state index in [0.29, 0.717) is 15.7 Å². The molecule has 1 aromatic rings. The number of benzene rings is 1. The molecule has 0 bridgehead atoms. The molecule has 4 heteroatoms. The van der Waals surface area contributed by atoms with Crippen LogP contribution < -0.4 is 5.73 Å². The van der Waals surface area contributed by atoms with Crippen molar-refractivity contribution in [3.8, 4) is 0 Å². The van der Waals surface area contributed by atoms with Crippen LogP contribution >= 0.6 is 23.2 Å². The molecule has 1 unspecified atom stereocenters. The van der Waals surface area contributed by atoms with Crippen LogP contribution in [0.3, 0.4) is 0 Å². The summed E-state index contributed by atoms with van der Waals surface area (Å²) in [4.78, 5) is 0. The minimum Gasteiger partial charge on any atom is -0.330 e. The fourth-order valence-electron chi connectivity index (χ4n) is 1.17. The second-order valence-corrected chi connectivity index (χ2v) is 8.02. The summed E-state index contributed by atoms with van der Waals surface area (Å²) in [5.74, 6) is 0. The first kappa shape index (κ1) is 12.0. The Labute approximate surface area is 96.8 Å². The molecule has 0 amide bonds. The Balaban J connectivity index is 2.73. The van der Waals surface area contributed by atoms with Crippen LogP contribution in [0.25, 0.3) is 0 Å². The van der Waals surface area contributed by atoms with Crippen molar-refractivity contribution < 1.29 is 0 Å². The zero-order chi connectivity index (χ0) is 10.7. The summed E-state index contributed by atoms with van der Waals surface area (Å²) >= 11 is 11.7. The van der Waals surface area contributed by atoms with Crippen LogP contribution in [-0.4, -0.2) is 14.5 Å². The van der Waals surface area contributed by atoms with Crippen LogP contribution in [0.4, 0.5) is 0 Å². The Hall–Kier alpha value is -0.0231. The molecule has 0 aliphatic rings. The van der Waals surface area contributed by atoms with E-state index < -0.39 is 8.80 Å². The predicted molar refractivity (Wildman–Crippen MR) is 67.0 cm³/mol. The Bertz CT molecular complexity index is 315. The molecule has 0 aliphatic heterocycles. The normalized spacial score (nSPS) is 13.3. The molecule has 0 spiro atoms. The number of halogens is 2. The Morgan fingerprint density at radius 1 is 1.29 bits per heavy atom. The van der Waals surface area contributed by atoms with Crippen molar-refractivity contribution in [3.05, 3.63) is 33.8 Å². The molecule has 1 nitrogen and oxygen atoms in total. The Kier molecular flexibility index (Phi) is 4.45. The highest BCUT2D eigenvalue weighted by Gasteiger charge is 2.10. The van der Waals surface area contributed by atoms with Crippen molar-refractivity contribution in [1.29, 1.82) is 0 Å². The maximum atomic E-state index is 6.02. The molecule has 0 aromatic heterocycles. The van der Waals surface area contributed by atoms with Crippen molar-refractivity contribution in [3.63, 3.8) is 0 Å². The summed E-state index contributed by atoms with van der Waals surface area (Å²) in [6.07, 6.45) is 0.904. The van der Waals surface area contributed by atoms with Crippen LogP contribution in [0.15, 0.2) is 18.2 Å². The fraction of sp³-hybridized carbons (Fsp3) is 0.400. The lowest BCUT2D eigenvalue weighted by molar-refractivity contribution is 0.866. The van der Waals surface area contributed by atoms with Gasteiger partial charge < -0.3 is 5.73 Å². The highest BCUT2D eigenvalue weighted by molar-refractivity contribution is 6.57. The summed E-state index contributed by atoms with van der Waals surface area (Å²) in [6.45, 7) is 4.50. The zero-order valence-corrected chi connectivity index (χ0v) is 11.1. The first-order valence-electron chi connectivity index (χ1n) is 4.70. The molecular weight excluding hydrogens is 233 g/mol.